The number of sulfone groups is 1. The van der Waals surface area contributed by atoms with E-state index >= 15 is 0 Å². The molecule has 16 heteroatoms. The van der Waals surface area contributed by atoms with E-state index in [1.807, 2.05) is 0 Å². The number of nitrogens with zero attached hydrogens (tertiary/aromatic N) is 3. The summed E-state index contributed by atoms with van der Waals surface area (Å²) in [4.78, 5) is 25.5. The maximum absolute atomic E-state index is 13.1. The van der Waals surface area contributed by atoms with Gasteiger partial charge >= 0.3 is 6.18 Å². The van der Waals surface area contributed by atoms with Gasteiger partial charge in [-0.25, -0.2) is 8.42 Å². The minimum atomic E-state index is -4.23. The van der Waals surface area contributed by atoms with Gasteiger partial charge in [0.05, 0.1) is 18.9 Å². The molecule has 0 bridgehead atoms. The number of carbonyl (C=O) groups excluding carboxylic acids is 2. The van der Waals surface area contributed by atoms with Crippen LogP contribution in [0.5, 0.6) is 11.5 Å². The number of benzene rings is 1. The maximum Gasteiger partial charge on any atom is 0.389 e. The Labute approximate surface area is 233 Å². The Balaban J connectivity index is 1.40. The first-order chi connectivity index (χ1) is 19.3. The third-order valence-electron chi connectivity index (χ3n) is 5.86. The summed E-state index contributed by atoms with van der Waals surface area (Å²) in [5.41, 5.74) is 0.448. The van der Waals surface area contributed by atoms with Gasteiger partial charge in [0.1, 0.15) is 28.6 Å². The zero-order valence-corrected chi connectivity index (χ0v) is 23.0. The average Bonchev–Trinajstić information content (AvgIpc) is 3.44. The van der Waals surface area contributed by atoms with Crippen LogP contribution in [0.25, 0.3) is 5.82 Å². The summed E-state index contributed by atoms with van der Waals surface area (Å²) in [5.74, 6) is -0.704. The number of rotatable bonds is 12. The van der Waals surface area contributed by atoms with E-state index in [0.717, 1.165) is 6.26 Å². The molecule has 0 radical (unpaired) electrons. The molecular weight excluding hydrogens is 571 g/mol. The molecule has 0 spiro atoms. The lowest BCUT2D eigenvalue weighted by molar-refractivity contribution is -0.136. The maximum atomic E-state index is 13.1. The molecule has 3 aromatic rings. The van der Waals surface area contributed by atoms with E-state index in [9.17, 15) is 31.2 Å². The lowest BCUT2D eigenvalue weighted by Gasteiger charge is -2.23. The molecule has 0 unspecified atom stereocenters. The van der Waals surface area contributed by atoms with E-state index in [-0.39, 0.29) is 49.3 Å². The van der Waals surface area contributed by atoms with Crippen LogP contribution in [0.3, 0.4) is 0 Å². The molecule has 0 saturated carbocycles. The van der Waals surface area contributed by atoms with Gasteiger partial charge in [0, 0.05) is 43.7 Å². The van der Waals surface area contributed by atoms with Gasteiger partial charge in [-0.3, -0.25) is 9.59 Å². The lowest BCUT2D eigenvalue weighted by Crippen LogP contribution is -2.42. The van der Waals surface area contributed by atoms with Crippen molar-refractivity contribution in [3.63, 3.8) is 0 Å². The Morgan fingerprint density at radius 3 is 2.56 bits per heavy atom. The molecular formula is C25H28F3N5O7S. The van der Waals surface area contributed by atoms with Crippen molar-refractivity contribution in [2.45, 2.75) is 44.8 Å². The molecule has 2 N–H and O–H groups in total. The number of ether oxygens (including phenoxy) is 2. The molecule has 3 heterocycles. The molecule has 4 rings (SSSR count). The number of halogens is 3. The van der Waals surface area contributed by atoms with Crippen molar-refractivity contribution in [2.24, 2.45) is 0 Å². The van der Waals surface area contributed by atoms with Gasteiger partial charge in [-0.15, -0.1) is 0 Å². The normalized spacial score (nSPS) is 15.2. The van der Waals surface area contributed by atoms with Gasteiger partial charge in [0.25, 0.3) is 5.91 Å². The van der Waals surface area contributed by atoms with Gasteiger partial charge in [-0.2, -0.15) is 23.0 Å². The highest BCUT2D eigenvalue weighted by atomic mass is 32.2. The highest BCUT2D eigenvalue weighted by molar-refractivity contribution is 7.91. The Kier molecular flexibility index (Phi) is 8.89. The highest BCUT2D eigenvalue weighted by Crippen LogP contribution is 2.29. The molecule has 1 aliphatic rings. The number of hydrogen-bond acceptors (Lipinski definition) is 9. The number of hydrogen-bond donors (Lipinski definition) is 2. The largest absolute Gasteiger partial charge is 0.493 e. The standard InChI is InChI=1S/C25H28F3N5O7S/c1-15-11-20(32-40-15)33-23(30-21(34)14-41(2,36)37)22-19(31-33)12-16(29-24(22)35)7-10-39-18-6-3-5-17(13-18)38-9-4-8-25(26,27)28/h3,5-6,11,13,16H,4,7-10,12,14H2,1-2H3,(H,29,35)(H,30,34)/t16-/m0/s1. The number of anilines is 1. The number of alkyl halides is 3. The van der Waals surface area contributed by atoms with Crippen LogP contribution in [0, 0.1) is 6.92 Å². The van der Waals surface area contributed by atoms with E-state index in [4.69, 9.17) is 14.0 Å². The Morgan fingerprint density at radius 1 is 1.22 bits per heavy atom. The molecule has 1 atom stereocenters. The fourth-order valence-corrected chi connectivity index (χ4v) is 4.69. The predicted octanol–water partition coefficient (Wildman–Crippen LogP) is 3.00. The SMILES string of the molecule is Cc1cc(-n2nc3c(c2NC(=O)CS(C)(=O)=O)C(=O)N[C@@H](CCOc2cccc(OCCCC(F)(F)F)c2)C3)no1. The average molecular weight is 600 g/mol. The number of nitrogens with one attached hydrogen (secondary N) is 2. The monoisotopic (exact) mass is 599 g/mol. The molecule has 0 saturated heterocycles. The molecule has 2 amide bonds. The van der Waals surface area contributed by atoms with Crippen molar-refractivity contribution in [3.8, 4) is 17.3 Å². The molecule has 1 aliphatic heterocycles. The van der Waals surface area contributed by atoms with Crippen LogP contribution >= 0.6 is 0 Å². The van der Waals surface area contributed by atoms with Gasteiger partial charge in [0.15, 0.2) is 21.5 Å². The van der Waals surface area contributed by atoms with E-state index in [1.54, 1.807) is 37.3 Å². The molecule has 1 aromatic carbocycles. The van der Waals surface area contributed by atoms with E-state index in [0.29, 0.717) is 29.4 Å². The smallest absolute Gasteiger partial charge is 0.389 e. The zero-order valence-electron chi connectivity index (χ0n) is 22.2. The second kappa shape index (κ2) is 12.2. The van der Waals surface area contributed by atoms with E-state index in [2.05, 4.69) is 20.9 Å². The van der Waals surface area contributed by atoms with Gasteiger partial charge in [-0.05, 0) is 25.5 Å². The molecule has 12 nitrogen and oxygen atoms in total. The summed E-state index contributed by atoms with van der Waals surface area (Å²) in [5, 5.41) is 13.7. The number of carbonyl (C=O) groups is 2. The van der Waals surface area contributed by atoms with Crippen LogP contribution in [-0.4, -0.2) is 72.6 Å². The fourth-order valence-electron chi connectivity index (χ4n) is 4.14. The van der Waals surface area contributed by atoms with Crippen molar-refractivity contribution in [1.82, 2.24) is 20.3 Å². The van der Waals surface area contributed by atoms with E-state index in [1.165, 1.54) is 4.68 Å². The molecule has 2 aromatic heterocycles. The minimum Gasteiger partial charge on any atom is -0.493 e. The highest BCUT2D eigenvalue weighted by Gasteiger charge is 2.33. The quantitative estimate of drug-likeness (QED) is 0.299. The molecule has 0 fully saturated rings. The number of fused-ring (bicyclic) bond motifs is 1. The second-order valence-corrected chi connectivity index (χ2v) is 11.7. The molecule has 41 heavy (non-hydrogen) atoms. The first-order valence-corrected chi connectivity index (χ1v) is 14.6. The summed E-state index contributed by atoms with van der Waals surface area (Å²) >= 11 is 0. The summed E-state index contributed by atoms with van der Waals surface area (Å²) < 4.78 is 77.5. The minimum absolute atomic E-state index is 0.0267. The first kappa shape index (κ1) is 29.9. The van der Waals surface area contributed by atoms with Crippen molar-refractivity contribution in [3.05, 3.63) is 47.3 Å². The lowest BCUT2D eigenvalue weighted by atomic mass is 9.99. The molecule has 0 aliphatic carbocycles. The van der Waals surface area contributed by atoms with Gasteiger partial charge < -0.3 is 24.6 Å². The predicted molar refractivity (Wildman–Crippen MR) is 139 cm³/mol. The van der Waals surface area contributed by atoms with Crippen LogP contribution in [0.2, 0.25) is 0 Å². The second-order valence-electron chi connectivity index (χ2n) is 9.55. The van der Waals surface area contributed by atoms with E-state index < -0.39 is 40.0 Å². The fraction of sp³-hybridized carbons (Fsp3) is 0.440. The zero-order chi connectivity index (χ0) is 29.8. The van der Waals surface area contributed by atoms with Crippen LogP contribution < -0.4 is 20.1 Å². The Morgan fingerprint density at radius 2 is 1.93 bits per heavy atom. The van der Waals surface area contributed by atoms with Gasteiger partial charge in [-0.1, -0.05) is 11.2 Å². The van der Waals surface area contributed by atoms with Gasteiger partial charge in [0.2, 0.25) is 5.91 Å². The first-order valence-electron chi connectivity index (χ1n) is 12.5. The van der Waals surface area contributed by atoms with Crippen LogP contribution in [-0.2, 0) is 21.1 Å². The third-order valence-corrected chi connectivity index (χ3v) is 6.64. The van der Waals surface area contributed by atoms with Crippen molar-refractivity contribution in [1.29, 1.82) is 0 Å². The topological polar surface area (TPSA) is 155 Å². The summed E-state index contributed by atoms with van der Waals surface area (Å²) in [6.07, 6.45) is -3.73. The van der Waals surface area contributed by atoms with Crippen LogP contribution in [0.15, 0.2) is 34.9 Å². The number of amides is 2. The Hall–Kier alpha value is -4.08. The summed E-state index contributed by atoms with van der Waals surface area (Å²) in [7, 11) is -3.63. The van der Waals surface area contributed by atoms with Crippen LogP contribution in [0.4, 0.5) is 19.0 Å². The number of aromatic nitrogens is 3. The molecule has 222 valence electrons. The van der Waals surface area contributed by atoms with Crippen molar-refractivity contribution in [2.75, 3.05) is 30.5 Å². The van der Waals surface area contributed by atoms with Crippen molar-refractivity contribution < 1.29 is 45.2 Å². The third kappa shape index (κ3) is 8.45. The van der Waals surface area contributed by atoms with Crippen LogP contribution in [0.1, 0.15) is 41.1 Å². The Bertz CT molecular complexity index is 1520. The van der Waals surface area contributed by atoms with Crippen molar-refractivity contribution >= 4 is 27.5 Å². The summed E-state index contributed by atoms with van der Waals surface area (Å²) in [6.45, 7) is 1.76. The summed E-state index contributed by atoms with van der Waals surface area (Å²) in [6, 6.07) is 7.68. The number of aryl methyl sites for hydroxylation is 1.